The molecule has 1 saturated heterocycles. The fourth-order valence-corrected chi connectivity index (χ4v) is 2.67. The summed E-state index contributed by atoms with van der Waals surface area (Å²) < 4.78 is 0. The van der Waals surface area contributed by atoms with Crippen LogP contribution in [0.1, 0.15) is 32.1 Å². The van der Waals surface area contributed by atoms with Gasteiger partial charge in [-0.2, -0.15) is 0 Å². The Morgan fingerprint density at radius 3 is 2.71 bits per heavy atom. The molecule has 1 heterocycles. The van der Waals surface area contributed by atoms with Crippen LogP contribution in [-0.2, 0) is 9.59 Å². The van der Waals surface area contributed by atoms with E-state index in [1.807, 2.05) is 0 Å². The third kappa shape index (κ3) is 2.44. The van der Waals surface area contributed by atoms with Crippen LogP contribution in [0.25, 0.3) is 0 Å². The molecule has 2 aliphatic rings. The van der Waals surface area contributed by atoms with Crippen LogP contribution in [0.15, 0.2) is 0 Å². The molecule has 0 bridgehead atoms. The number of likely N-dealkylation sites (tertiary alicyclic amines) is 1. The van der Waals surface area contributed by atoms with Gasteiger partial charge in [0.15, 0.2) is 0 Å². The molecule has 0 spiro atoms. The molecule has 2 amide bonds. The van der Waals surface area contributed by atoms with Crippen molar-refractivity contribution < 1.29 is 9.59 Å². The molecule has 17 heavy (non-hydrogen) atoms. The maximum absolute atomic E-state index is 11.9. The monoisotopic (exact) mass is 239 g/mol. The van der Waals surface area contributed by atoms with Gasteiger partial charge < -0.3 is 16.0 Å². The zero-order valence-corrected chi connectivity index (χ0v) is 10.4. The van der Waals surface area contributed by atoms with Crippen molar-refractivity contribution in [3.05, 3.63) is 0 Å². The lowest BCUT2D eigenvalue weighted by Crippen LogP contribution is -2.46. The summed E-state index contributed by atoms with van der Waals surface area (Å²) in [6.07, 6.45) is 4.42. The largest absolute Gasteiger partial charge is 0.344 e. The molecule has 1 atom stereocenters. The molecule has 1 saturated carbocycles. The Bertz CT molecular complexity index is 320. The van der Waals surface area contributed by atoms with Gasteiger partial charge in [-0.3, -0.25) is 9.59 Å². The molecule has 0 aromatic rings. The number of nitrogens with zero attached hydrogens (tertiary/aromatic N) is 1. The van der Waals surface area contributed by atoms with Gasteiger partial charge in [0.1, 0.15) is 6.04 Å². The maximum Gasteiger partial charge on any atom is 0.244 e. The highest BCUT2D eigenvalue weighted by Crippen LogP contribution is 2.42. The fourth-order valence-electron chi connectivity index (χ4n) is 2.67. The van der Waals surface area contributed by atoms with Gasteiger partial charge in [0.25, 0.3) is 0 Å². The molecule has 1 unspecified atom stereocenters. The first-order chi connectivity index (χ1) is 8.06. The lowest BCUT2D eigenvalue weighted by Gasteiger charge is -2.40. The molecule has 0 radical (unpaired) electrons. The van der Waals surface area contributed by atoms with E-state index in [1.165, 1.54) is 0 Å². The highest BCUT2D eigenvalue weighted by molar-refractivity contribution is 5.89. The lowest BCUT2D eigenvalue weighted by atomic mass is 9.66. The number of hydrogen-bond donors (Lipinski definition) is 2. The first-order valence-electron chi connectivity index (χ1n) is 6.31. The Morgan fingerprint density at radius 1 is 1.59 bits per heavy atom. The van der Waals surface area contributed by atoms with E-state index in [4.69, 9.17) is 5.73 Å². The molecule has 0 aromatic carbocycles. The number of carbonyl (C=O) groups is 2. The van der Waals surface area contributed by atoms with Gasteiger partial charge in [-0.1, -0.05) is 6.42 Å². The second kappa shape index (κ2) is 4.64. The standard InChI is InChI=1S/C12H21N3O2/c1-15-6-3-9(11(15)17)14-10(16)7-12(8-13)4-2-5-12/h9H,2-8,13H2,1H3,(H,14,16). The van der Waals surface area contributed by atoms with Crippen LogP contribution in [0.2, 0.25) is 0 Å². The Morgan fingerprint density at radius 2 is 2.29 bits per heavy atom. The number of nitrogens with two attached hydrogens (primary N) is 1. The van der Waals surface area contributed by atoms with Crippen molar-refractivity contribution in [1.29, 1.82) is 0 Å². The number of likely N-dealkylation sites (N-methyl/N-ethyl adjacent to an activating group) is 1. The van der Waals surface area contributed by atoms with Crippen LogP contribution in [0.3, 0.4) is 0 Å². The summed E-state index contributed by atoms with van der Waals surface area (Å²) in [4.78, 5) is 25.2. The van der Waals surface area contributed by atoms with E-state index in [0.29, 0.717) is 13.0 Å². The Kier molecular flexibility index (Phi) is 3.38. The van der Waals surface area contributed by atoms with Crippen LogP contribution in [0.5, 0.6) is 0 Å². The lowest BCUT2D eigenvalue weighted by molar-refractivity contribution is -0.133. The van der Waals surface area contributed by atoms with E-state index in [0.717, 1.165) is 32.2 Å². The summed E-state index contributed by atoms with van der Waals surface area (Å²) in [5.41, 5.74) is 5.73. The highest BCUT2D eigenvalue weighted by atomic mass is 16.2. The smallest absolute Gasteiger partial charge is 0.244 e. The molecular weight excluding hydrogens is 218 g/mol. The Labute approximate surface area is 102 Å². The van der Waals surface area contributed by atoms with Crippen LogP contribution in [0, 0.1) is 5.41 Å². The van der Waals surface area contributed by atoms with Crippen LogP contribution in [-0.4, -0.2) is 42.9 Å². The van der Waals surface area contributed by atoms with E-state index in [2.05, 4.69) is 5.32 Å². The van der Waals surface area contributed by atoms with Gasteiger partial charge in [0, 0.05) is 20.0 Å². The summed E-state index contributed by atoms with van der Waals surface area (Å²) in [5, 5.41) is 2.83. The first kappa shape index (κ1) is 12.4. The molecule has 5 nitrogen and oxygen atoms in total. The molecule has 1 aliphatic carbocycles. The van der Waals surface area contributed by atoms with Crippen LogP contribution in [0.4, 0.5) is 0 Å². The van der Waals surface area contributed by atoms with E-state index >= 15 is 0 Å². The van der Waals surface area contributed by atoms with Crippen molar-refractivity contribution in [3.8, 4) is 0 Å². The minimum Gasteiger partial charge on any atom is -0.344 e. The van der Waals surface area contributed by atoms with E-state index < -0.39 is 0 Å². The molecule has 96 valence electrons. The second-order valence-corrected chi connectivity index (χ2v) is 5.40. The Balaban J connectivity index is 1.83. The fraction of sp³-hybridized carbons (Fsp3) is 0.833. The summed E-state index contributed by atoms with van der Waals surface area (Å²) >= 11 is 0. The summed E-state index contributed by atoms with van der Waals surface area (Å²) in [7, 11) is 1.77. The van der Waals surface area contributed by atoms with Crippen molar-refractivity contribution in [1.82, 2.24) is 10.2 Å². The molecule has 2 rings (SSSR count). The summed E-state index contributed by atoms with van der Waals surface area (Å²) in [6, 6.07) is -0.317. The molecule has 3 N–H and O–H groups in total. The van der Waals surface area contributed by atoms with Crippen molar-refractivity contribution in [3.63, 3.8) is 0 Å². The van der Waals surface area contributed by atoms with Crippen molar-refractivity contribution in [2.45, 2.75) is 38.1 Å². The predicted molar refractivity (Wildman–Crippen MR) is 64.1 cm³/mol. The quantitative estimate of drug-likeness (QED) is 0.716. The molecule has 1 aliphatic heterocycles. The van der Waals surface area contributed by atoms with Crippen LogP contribution < -0.4 is 11.1 Å². The van der Waals surface area contributed by atoms with E-state index in [1.54, 1.807) is 11.9 Å². The average molecular weight is 239 g/mol. The predicted octanol–water partition coefficient (Wildman–Crippen LogP) is -0.148. The molecule has 2 fully saturated rings. The number of amides is 2. The zero-order chi connectivity index (χ0) is 12.5. The minimum atomic E-state index is -0.317. The number of rotatable bonds is 4. The zero-order valence-electron chi connectivity index (χ0n) is 10.4. The van der Waals surface area contributed by atoms with Gasteiger partial charge in [0.2, 0.25) is 11.8 Å². The molecule has 5 heteroatoms. The number of carbonyl (C=O) groups excluding carboxylic acids is 2. The van der Waals surface area contributed by atoms with Crippen LogP contribution >= 0.6 is 0 Å². The van der Waals surface area contributed by atoms with Gasteiger partial charge in [-0.05, 0) is 31.2 Å². The highest BCUT2D eigenvalue weighted by Gasteiger charge is 2.39. The molecular formula is C12H21N3O2. The summed E-state index contributed by atoms with van der Waals surface area (Å²) in [6.45, 7) is 1.30. The SMILES string of the molecule is CN1CCC(NC(=O)CC2(CN)CCC2)C1=O. The van der Waals surface area contributed by atoms with E-state index in [-0.39, 0.29) is 23.3 Å². The Hall–Kier alpha value is -1.10. The number of nitrogens with one attached hydrogen (secondary N) is 1. The van der Waals surface area contributed by atoms with Crippen molar-refractivity contribution >= 4 is 11.8 Å². The minimum absolute atomic E-state index is 0.0115. The van der Waals surface area contributed by atoms with Gasteiger partial charge in [-0.15, -0.1) is 0 Å². The summed E-state index contributed by atoms with van der Waals surface area (Å²) in [5.74, 6) is -0.00226. The second-order valence-electron chi connectivity index (χ2n) is 5.40. The van der Waals surface area contributed by atoms with Gasteiger partial charge in [-0.25, -0.2) is 0 Å². The third-order valence-corrected chi connectivity index (χ3v) is 4.15. The first-order valence-corrected chi connectivity index (χ1v) is 6.31. The average Bonchev–Trinajstić information content (AvgIpc) is 2.55. The topological polar surface area (TPSA) is 75.4 Å². The van der Waals surface area contributed by atoms with Crippen molar-refractivity contribution in [2.75, 3.05) is 20.1 Å². The van der Waals surface area contributed by atoms with Gasteiger partial charge >= 0.3 is 0 Å². The molecule has 0 aromatic heterocycles. The van der Waals surface area contributed by atoms with Crippen molar-refractivity contribution in [2.24, 2.45) is 11.1 Å². The number of hydrogen-bond acceptors (Lipinski definition) is 3. The normalized spacial score (nSPS) is 26.8. The van der Waals surface area contributed by atoms with Gasteiger partial charge in [0.05, 0.1) is 0 Å². The maximum atomic E-state index is 11.9. The third-order valence-electron chi connectivity index (χ3n) is 4.15. The van der Waals surface area contributed by atoms with E-state index in [9.17, 15) is 9.59 Å².